The first kappa shape index (κ1) is 27.7. The SMILES string of the molecule is O=S([O-])NC(c1ccccc1)c1ccc(Oc2ncccc2-c2ccnc(NC3CCC(O)CC3)n2)c(F)c1F. The zero-order valence-corrected chi connectivity index (χ0v) is 22.0. The van der Waals surface area contributed by atoms with Gasteiger partial charge in [-0.15, -0.1) is 0 Å². The molecule has 0 aliphatic heterocycles. The Morgan fingerprint density at radius 1 is 0.950 bits per heavy atom. The van der Waals surface area contributed by atoms with Crippen LogP contribution in [0.2, 0.25) is 0 Å². The molecule has 0 radical (unpaired) electrons. The largest absolute Gasteiger partial charge is 0.760 e. The highest BCUT2D eigenvalue weighted by atomic mass is 32.2. The van der Waals surface area contributed by atoms with Crippen LogP contribution in [0.15, 0.2) is 73.1 Å². The lowest BCUT2D eigenvalue weighted by molar-refractivity contribution is 0.126. The number of pyridine rings is 1. The Labute approximate surface area is 232 Å². The first-order valence-electron chi connectivity index (χ1n) is 12.7. The van der Waals surface area contributed by atoms with Crippen molar-refractivity contribution in [1.82, 2.24) is 19.7 Å². The van der Waals surface area contributed by atoms with Crippen molar-refractivity contribution >= 4 is 17.2 Å². The summed E-state index contributed by atoms with van der Waals surface area (Å²) in [7, 11) is 0. The molecule has 0 amide bonds. The van der Waals surface area contributed by atoms with Gasteiger partial charge in [0.15, 0.2) is 11.6 Å². The molecule has 3 N–H and O–H groups in total. The van der Waals surface area contributed by atoms with Crippen LogP contribution in [0.3, 0.4) is 0 Å². The van der Waals surface area contributed by atoms with E-state index in [1.165, 1.54) is 18.3 Å². The van der Waals surface area contributed by atoms with Gasteiger partial charge in [-0.25, -0.2) is 24.1 Å². The van der Waals surface area contributed by atoms with Crippen LogP contribution in [0, 0.1) is 11.6 Å². The van der Waals surface area contributed by atoms with Gasteiger partial charge in [-0.3, -0.25) is 4.21 Å². The van der Waals surface area contributed by atoms with Crippen molar-refractivity contribution in [1.29, 1.82) is 0 Å². The first-order valence-corrected chi connectivity index (χ1v) is 13.8. The van der Waals surface area contributed by atoms with Crippen molar-refractivity contribution < 1.29 is 27.4 Å². The first-order chi connectivity index (χ1) is 19.4. The van der Waals surface area contributed by atoms with E-state index in [0.717, 1.165) is 12.8 Å². The van der Waals surface area contributed by atoms with Crippen LogP contribution in [0.25, 0.3) is 11.3 Å². The van der Waals surface area contributed by atoms with E-state index in [2.05, 4.69) is 25.0 Å². The Bertz CT molecular complexity index is 1490. The molecule has 12 heteroatoms. The molecule has 0 bridgehead atoms. The summed E-state index contributed by atoms with van der Waals surface area (Å²) in [6, 6.07) is 14.8. The van der Waals surface area contributed by atoms with E-state index < -0.39 is 34.7 Å². The van der Waals surface area contributed by atoms with Crippen molar-refractivity contribution in [2.24, 2.45) is 0 Å². The molecular weight excluding hydrogens is 540 g/mol. The number of halogens is 2. The van der Waals surface area contributed by atoms with Crippen LogP contribution in [0.1, 0.15) is 42.9 Å². The van der Waals surface area contributed by atoms with Crippen molar-refractivity contribution in [2.75, 3.05) is 5.32 Å². The number of nitrogens with zero attached hydrogens (tertiary/aromatic N) is 3. The number of aliphatic hydroxyl groups is 1. The number of nitrogens with one attached hydrogen (secondary N) is 2. The van der Waals surface area contributed by atoms with E-state index in [0.29, 0.717) is 35.6 Å². The summed E-state index contributed by atoms with van der Waals surface area (Å²) >= 11 is -2.74. The maximum atomic E-state index is 15.3. The third-order valence-corrected chi connectivity index (χ3v) is 7.10. The van der Waals surface area contributed by atoms with Crippen LogP contribution in [0.4, 0.5) is 14.7 Å². The summed E-state index contributed by atoms with van der Waals surface area (Å²) in [5.41, 5.74) is 1.12. The number of rotatable bonds is 9. The highest BCUT2D eigenvalue weighted by molar-refractivity contribution is 7.77. The fourth-order valence-electron chi connectivity index (χ4n) is 4.65. The summed E-state index contributed by atoms with van der Waals surface area (Å²) < 4.78 is 61.4. The van der Waals surface area contributed by atoms with E-state index in [1.807, 2.05) is 0 Å². The summed E-state index contributed by atoms with van der Waals surface area (Å²) in [5.74, 6) is -2.58. The minimum absolute atomic E-state index is 0.00242. The maximum absolute atomic E-state index is 15.3. The Hall–Kier alpha value is -3.84. The maximum Gasteiger partial charge on any atom is 0.228 e. The smallest absolute Gasteiger partial charge is 0.228 e. The van der Waals surface area contributed by atoms with E-state index in [1.54, 1.807) is 54.7 Å². The van der Waals surface area contributed by atoms with Gasteiger partial charge in [0.05, 0.1) is 23.4 Å². The molecule has 2 aromatic carbocycles. The minimum Gasteiger partial charge on any atom is -0.760 e. The van der Waals surface area contributed by atoms with Crippen LogP contribution < -0.4 is 14.8 Å². The molecule has 1 fully saturated rings. The molecule has 208 valence electrons. The summed E-state index contributed by atoms with van der Waals surface area (Å²) in [5, 5.41) is 13.0. The fourth-order valence-corrected chi connectivity index (χ4v) is 5.11. The Kier molecular flexibility index (Phi) is 8.70. The van der Waals surface area contributed by atoms with Crippen molar-refractivity contribution in [3.8, 4) is 22.9 Å². The van der Waals surface area contributed by atoms with E-state index in [-0.39, 0.29) is 23.6 Å². The Balaban J connectivity index is 1.41. The molecule has 2 heterocycles. The average Bonchev–Trinajstić information content (AvgIpc) is 2.97. The van der Waals surface area contributed by atoms with Gasteiger partial charge < -0.3 is 19.7 Å². The number of hydrogen-bond acceptors (Lipinski definition) is 8. The van der Waals surface area contributed by atoms with Gasteiger partial charge >= 0.3 is 0 Å². The number of anilines is 1. The van der Waals surface area contributed by atoms with E-state index in [4.69, 9.17) is 4.74 Å². The quantitative estimate of drug-likeness (QED) is 0.246. The third-order valence-electron chi connectivity index (χ3n) is 6.67. The molecule has 9 nitrogen and oxygen atoms in total. The van der Waals surface area contributed by atoms with Crippen LogP contribution in [0.5, 0.6) is 11.6 Å². The highest BCUT2D eigenvalue weighted by Crippen LogP contribution is 2.35. The summed E-state index contributed by atoms with van der Waals surface area (Å²) in [4.78, 5) is 13.0. The molecule has 4 aromatic rings. The number of aliphatic hydroxyl groups excluding tert-OH is 1. The van der Waals surface area contributed by atoms with Gasteiger partial charge in [-0.1, -0.05) is 36.4 Å². The van der Waals surface area contributed by atoms with Crippen LogP contribution in [-0.2, 0) is 11.3 Å². The standard InChI is InChI=1S/C28H27F2N5O4S/c29-24-21(26(35-40(37)38)17-5-2-1-3-6-17)12-13-23(25(24)30)39-27-20(7-4-15-31-27)22-14-16-32-28(34-22)33-18-8-10-19(36)11-9-18/h1-7,12-16,18-19,26,35-36H,8-11H2,(H,37,38)(H,32,33,34)/p-1. The molecular formula is C28H26F2N5O4S-. The normalized spacial score (nSPS) is 18.6. The number of benzene rings is 2. The van der Waals surface area contributed by atoms with E-state index >= 15 is 8.78 Å². The molecule has 5 rings (SSSR count). The number of ether oxygens (including phenoxy) is 1. The summed E-state index contributed by atoms with van der Waals surface area (Å²) in [6.07, 6.45) is 5.74. The van der Waals surface area contributed by atoms with E-state index in [9.17, 15) is 13.9 Å². The van der Waals surface area contributed by atoms with Crippen molar-refractivity contribution in [3.63, 3.8) is 0 Å². The minimum atomic E-state index is -2.74. The monoisotopic (exact) mass is 566 g/mol. The zero-order valence-electron chi connectivity index (χ0n) is 21.2. The van der Waals surface area contributed by atoms with Gasteiger partial charge in [0.2, 0.25) is 17.6 Å². The predicted octanol–water partition coefficient (Wildman–Crippen LogP) is 4.80. The molecule has 2 atom stereocenters. The molecule has 0 saturated heterocycles. The molecule has 1 aliphatic carbocycles. The lowest BCUT2D eigenvalue weighted by Crippen LogP contribution is -2.28. The van der Waals surface area contributed by atoms with Gasteiger partial charge in [-0.05, 0) is 55.5 Å². The Morgan fingerprint density at radius 2 is 1.73 bits per heavy atom. The second-order valence-corrected chi connectivity index (χ2v) is 10.1. The van der Waals surface area contributed by atoms with Crippen LogP contribution in [-0.4, -0.2) is 41.0 Å². The highest BCUT2D eigenvalue weighted by Gasteiger charge is 2.24. The fraction of sp³-hybridized carbons (Fsp3) is 0.250. The number of hydrogen-bond donors (Lipinski definition) is 3. The lowest BCUT2D eigenvalue weighted by atomic mass is 9.93. The van der Waals surface area contributed by atoms with Gasteiger partial charge in [0, 0.05) is 35.3 Å². The van der Waals surface area contributed by atoms with Gasteiger partial charge in [-0.2, -0.15) is 4.39 Å². The second-order valence-electron chi connectivity index (χ2n) is 9.35. The molecule has 40 heavy (non-hydrogen) atoms. The molecule has 1 saturated carbocycles. The van der Waals surface area contributed by atoms with Gasteiger partial charge in [0.25, 0.3) is 0 Å². The molecule has 2 aromatic heterocycles. The van der Waals surface area contributed by atoms with Crippen molar-refractivity contribution in [2.45, 2.75) is 43.9 Å². The molecule has 1 aliphatic rings. The third kappa shape index (κ3) is 6.48. The number of aromatic nitrogens is 3. The topological polar surface area (TPSA) is 132 Å². The van der Waals surface area contributed by atoms with Crippen molar-refractivity contribution in [3.05, 3.63) is 95.8 Å². The lowest BCUT2D eigenvalue weighted by Gasteiger charge is -2.26. The Morgan fingerprint density at radius 3 is 2.48 bits per heavy atom. The van der Waals surface area contributed by atoms with Crippen LogP contribution >= 0.6 is 0 Å². The van der Waals surface area contributed by atoms with Gasteiger partial charge in [0.1, 0.15) is 0 Å². The summed E-state index contributed by atoms with van der Waals surface area (Å²) in [6.45, 7) is 0. The predicted molar refractivity (Wildman–Crippen MR) is 144 cm³/mol. The second kappa shape index (κ2) is 12.6. The average molecular weight is 567 g/mol. The molecule has 2 unspecified atom stereocenters. The zero-order chi connectivity index (χ0) is 28.1. The molecule has 0 spiro atoms.